The summed E-state index contributed by atoms with van der Waals surface area (Å²) in [6.45, 7) is 1.03. The maximum Gasteiger partial charge on any atom is 0.335 e. The molecular formula is C25H22BrNO2. The molecule has 0 amide bonds. The predicted molar refractivity (Wildman–Crippen MR) is 118 cm³/mol. The summed E-state index contributed by atoms with van der Waals surface area (Å²) in [5.74, 6) is 0.786. The van der Waals surface area contributed by atoms with Gasteiger partial charge in [-0.15, -0.1) is 0 Å². The van der Waals surface area contributed by atoms with Crippen molar-refractivity contribution in [2.24, 2.45) is 11.8 Å². The van der Waals surface area contributed by atoms with Gasteiger partial charge in [0.2, 0.25) is 0 Å². The summed E-state index contributed by atoms with van der Waals surface area (Å²) in [6, 6.07) is 13.0. The summed E-state index contributed by atoms with van der Waals surface area (Å²) in [5, 5.41) is 9.78. The minimum Gasteiger partial charge on any atom is -0.478 e. The largest absolute Gasteiger partial charge is 0.478 e. The predicted octanol–water partition coefficient (Wildman–Crippen LogP) is 6.04. The van der Waals surface area contributed by atoms with E-state index in [1.165, 1.54) is 22.4 Å². The van der Waals surface area contributed by atoms with Crippen LogP contribution in [-0.2, 0) is 0 Å². The van der Waals surface area contributed by atoms with Gasteiger partial charge < -0.3 is 10.0 Å². The Hall–Kier alpha value is -2.33. The van der Waals surface area contributed by atoms with E-state index in [2.05, 4.69) is 69.4 Å². The molecule has 2 aromatic rings. The average molecular weight is 448 g/mol. The molecule has 5 atom stereocenters. The van der Waals surface area contributed by atoms with Gasteiger partial charge in [0, 0.05) is 28.5 Å². The summed E-state index contributed by atoms with van der Waals surface area (Å²) >= 11 is 3.57. The van der Waals surface area contributed by atoms with Crippen molar-refractivity contribution in [3.63, 3.8) is 0 Å². The molecule has 4 heteroatoms. The molecule has 29 heavy (non-hydrogen) atoms. The zero-order chi connectivity index (χ0) is 19.7. The minimum atomic E-state index is -0.822. The van der Waals surface area contributed by atoms with Crippen LogP contribution in [0.15, 0.2) is 65.2 Å². The standard InChI is InChI=1S/C25H22BrNO2/c26-17-9-7-14(8-10-17)23-20-6-2-5-19(20)22-12-16(25(28)29)11-21-18-4-1-3-15(18)13-27(23)24(21)22/h1-2,4,6-12,15,18-20,23H,3,5,13H2,(H,28,29)/t15-,18+,19+,20-,23-/m0/s1. The number of aromatic carboxylic acids is 1. The van der Waals surface area contributed by atoms with E-state index in [0.29, 0.717) is 35.3 Å². The van der Waals surface area contributed by atoms with Crippen LogP contribution in [0.1, 0.15) is 57.8 Å². The molecule has 0 aromatic heterocycles. The Balaban J connectivity index is 1.59. The quantitative estimate of drug-likeness (QED) is 0.570. The van der Waals surface area contributed by atoms with Crippen LogP contribution < -0.4 is 4.90 Å². The minimum absolute atomic E-state index is 0.301. The van der Waals surface area contributed by atoms with Gasteiger partial charge in [-0.1, -0.05) is 52.4 Å². The van der Waals surface area contributed by atoms with Gasteiger partial charge in [-0.25, -0.2) is 4.79 Å². The van der Waals surface area contributed by atoms with E-state index in [4.69, 9.17) is 0 Å². The number of carbonyl (C=O) groups is 1. The third-order valence-corrected chi connectivity index (χ3v) is 7.84. The molecule has 0 fully saturated rings. The lowest BCUT2D eigenvalue weighted by Crippen LogP contribution is -2.46. The van der Waals surface area contributed by atoms with Crippen LogP contribution in [0.4, 0.5) is 5.69 Å². The highest BCUT2D eigenvalue weighted by Gasteiger charge is 2.47. The Morgan fingerprint density at radius 3 is 2.59 bits per heavy atom. The van der Waals surface area contributed by atoms with Crippen LogP contribution in [0, 0.1) is 11.8 Å². The Morgan fingerprint density at radius 2 is 1.79 bits per heavy atom. The second-order valence-electron chi connectivity index (χ2n) is 8.75. The highest BCUT2D eigenvalue weighted by Crippen LogP contribution is 2.58. The molecule has 0 bridgehead atoms. The summed E-state index contributed by atoms with van der Waals surface area (Å²) in [4.78, 5) is 14.5. The molecule has 0 saturated carbocycles. The Labute approximate surface area is 178 Å². The molecule has 4 aliphatic rings. The van der Waals surface area contributed by atoms with Gasteiger partial charge in [-0.3, -0.25) is 0 Å². The molecule has 2 aliphatic carbocycles. The monoisotopic (exact) mass is 447 g/mol. The third kappa shape index (κ3) is 2.51. The Kier molecular flexibility index (Phi) is 3.83. The molecule has 0 radical (unpaired) electrons. The molecule has 6 rings (SSSR count). The van der Waals surface area contributed by atoms with Crippen LogP contribution in [-0.4, -0.2) is 17.6 Å². The fourth-order valence-corrected chi connectivity index (χ4v) is 6.39. The molecule has 3 nitrogen and oxygen atoms in total. The number of fused-ring (bicyclic) bond motifs is 4. The number of rotatable bonds is 2. The van der Waals surface area contributed by atoms with E-state index in [0.717, 1.165) is 23.9 Å². The molecule has 0 unspecified atom stereocenters. The van der Waals surface area contributed by atoms with Crippen molar-refractivity contribution in [2.45, 2.75) is 30.7 Å². The molecule has 2 aromatic carbocycles. The zero-order valence-electron chi connectivity index (χ0n) is 16.0. The number of hydrogen-bond acceptors (Lipinski definition) is 2. The maximum absolute atomic E-state index is 11.9. The number of anilines is 1. The van der Waals surface area contributed by atoms with Crippen LogP contribution >= 0.6 is 15.9 Å². The first kappa shape index (κ1) is 17.5. The lowest BCUT2D eigenvalue weighted by atomic mass is 9.70. The lowest BCUT2D eigenvalue weighted by molar-refractivity contribution is 0.0696. The number of nitrogens with zero attached hydrogens (tertiary/aromatic N) is 1. The van der Waals surface area contributed by atoms with Gasteiger partial charge >= 0.3 is 5.97 Å². The van der Waals surface area contributed by atoms with E-state index in [1.54, 1.807) is 0 Å². The molecule has 0 spiro atoms. The highest BCUT2D eigenvalue weighted by molar-refractivity contribution is 9.10. The van der Waals surface area contributed by atoms with E-state index in [9.17, 15) is 9.90 Å². The summed E-state index contributed by atoms with van der Waals surface area (Å²) < 4.78 is 1.10. The van der Waals surface area contributed by atoms with Gasteiger partial charge in [0.05, 0.1) is 11.6 Å². The number of allylic oxidation sites excluding steroid dienone is 3. The summed E-state index contributed by atoms with van der Waals surface area (Å²) in [5.41, 5.74) is 5.55. The van der Waals surface area contributed by atoms with Gasteiger partial charge in [-0.05, 0) is 65.6 Å². The topological polar surface area (TPSA) is 40.5 Å². The fourth-order valence-electron chi connectivity index (χ4n) is 6.12. The van der Waals surface area contributed by atoms with E-state index < -0.39 is 5.97 Å². The van der Waals surface area contributed by atoms with Crippen molar-refractivity contribution < 1.29 is 9.90 Å². The van der Waals surface area contributed by atoms with Crippen molar-refractivity contribution >= 4 is 27.6 Å². The Bertz CT molecular complexity index is 1070. The van der Waals surface area contributed by atoms with Gasteiger partial charge in [0.25, 0.3) is 0 Å². The normalized spacial score (nSPS) is 30.8. The maximum atomic E-state index is 11.9. The van der Waals surface area contributed by atoms with E-state index in [1.807, 2.05) is 12.1 Å². The van der Waals surface area contributed by atoms with Crippen LogP contribution in [0.25, 0.3) is 0 Å². The zero-order valence-corrected chi connectivity index (χ0v) is 17.5. The first-order valence-electron chi connectivity index (χ1n) is 10.4. The number of halogens is 1. The van der Waals surface area contributed by atoms with Crippen molar-refractivity contribution in [3.8, 4) is 0 Å². The molecule has 146 valence electrons. The Morgan fingerprint density at radius 1 is 1.03 bits per heavy atom. The van der Waals surface area contributed by atoms with Crippen LogP contribution in [0.5, 0.6) is 0 Å². The van der Waals surface area contributed by atoms with Crippen LogP contribution in [0.3, 0.4) is 0 Å². The number of hydrogen-bond donors (Lipinski definition) is 1. The van der Waals surface area contributed by atoms with Gasteiger partial charge in [0.1, 0.15) is 0 Å². The smallest absolute Gasteiger partial charge is 0.335 e. The molecular weight excluding hydrogens is 426 g/mol. The van der Waals surface area contributed by atoms with Gasteiger partial charge in [0.15, 0.2) is 0 Å². The summed E-state index contributed by atoms with van der Waals surface area (Å²) in [6.07, 6.45) is 11.3. The van der Waals surface area contributed by atoms with E-state index >= 15 is 0 Å². The summed E-state index contributed by atoms with van der Waals surface area (Å²) in [7, 11) is 0. The SMILES string of the molecule is O=C(O)c1cc2c3c(c1)[C@@H]1CC=C[C@@H]1[C@H](c1ccc(Br)cc1)N3C[C@@H]1CC=C[C@@H]21. The number of benzene rings is 2. The van der Waals surface area contributed by atoms with Gasteiger partial charge in [-0.2, -0.15) is 0 Å². The first-order chi connectivity index (χ1) is 14.1. The molecule has 2 heterocycles. The molecule has 0 saturated heterocycles. The van der Waals surface area contributed by atoms with Crippen LogP contribution in [0.2, 0.25) is 0 Å². The highest BCUT2D eigenvalue weighted by atomic mass is 79.9. The third-order valence-electron chi connectivity index (χ3n) is 7.31. The molecule has 2 aliphatic heterocycles. The van der Waals surface area contributed by atoms with Crippen molar-refractivity contribution in [1.82, 2.24) is 0 Å². The van der Waals surface area contributed by atoms with Crippen molar-refractivity contribution in [1.29, 1.82) is 0 Å². The average Bonchev–Trinajstić information content (AvgIpc) is 3.38. The first-order valence-corrected chi connectivity index (χ1v) is 11.2. The second kappa shape index (κ2) is 6.33. The molecule has 1 N–H and O–H groups in total. The van der Waals surface area contributed by atoms with Crippen molar-refractivity contribution in [2.75, 3.05) is 11.4 Å². The van der Waals surface area contributed by atoms with Crippen molar-refractivity contribution in [3.05, 3.63) is 87.4 Å². The fraction of sp³-hybridized carbons (Fsp3) is 0.320. The van der Waals surface area contributed by atoms with E-state index in [-0.39, 0.29) is 0 Å². The lowest BCUT2D eigenvalue weighted by Gasteiger charge is -2.51. The number of carboxylic acid groups (broad SMARTS) is 1. The second-order valence-corrected chi connectivity index (χ2v) is 9.67. The number of carboxylic acids is 1.